The van der Waals surface area contributed by atoms with E-state index < -0.39 is 0 Å². The van der Waals surface area contributed by atoms with E-state index in [0.717, 1.165) is 29.8 Å². The molecule has 2 N–H and O–H groups in total. The summed E-state index contributed by atoms with van der Waals surface area (Å²) in [4.78, 5) is 0. The summed E-state index contributed by atoms with van der Waals surface area (Å²) in [7, 11) is 0. The topological polar surface area (TPSA) is 66.0 Å². The van der Waals surface area contributed by atoms with Gasteiger partial charge in [0.05, 0.1) is 12.6 Å². The summed E-state index contributed by atoms with van der Waals surface area (Å²) >= 11 is 1.73. The van der Waals surface area contributed by atoms with Gasteiger partial charge in [0, 0.05) is 18.4 Å². The largest absolute Gasteiger partial charge is 0.377 e. The van der Waals surface area contributed by atoms with Gasteiger partial charge in [0.15, 0.2) is 5.16 Å². The molecule has 0 amide bonds. The summed E-state index contributed by atoms with van der Waals surface area (Å²) in [5.74, 6) is 1.81. The molecule has 1 fully saturated rings. The Balaban J connectivity index is 1.97. The molecule has 2 rings (SSSR count). The molecule has 1 aliphatic rings. The molecule has 5 nitrogen and oxygen atoms in total. The fourth-order valence-electron chi connectivity index (χ4n) is 2.17. The third-order valence-electron chi connectivity index (χ3n) is 3.11. The lowest BCUT2D eigenvalue weighted by Gasteiger charge is -2.22. The van der Waals surface area contributed by atoms with Gasteiger partial charge in [-0.1, -0.05) is 11.8 Å². The van der Waals surface area contributed by atoms with Crippen LogP contribution in [0.25, 0.3) is 0 Å². The van der Waals surface area contributed by atoms with Gasteiger partial charge in [0.25, 0.3) is 0 Å². The van der Waals surface area contributed by atoms with Gasteiger partial charge in [0.1, 0.15) is 5.82 Å². The van der Waals surface area contributed by atoms with Crippen molar-refractivity contribution in [1.29, 1.82) is 0 Å². The minimum atomic E-state index is 0.341. The van der Waals surface area contributed by atoms with Crippen molar-refractivity contribution in [2.45, 2.75) is 57.0 Å². The van der Waals surface area contributed by atoms with Crippen LogP contribution in [0, 0.1) is 0 Å². The molecule has 0 radical (unpaired) electrons. The Bertz CT molecular complexity index is 374. The first-order valence-electron chi connectivity index (χ1n) is 6.60. The molecule has 0 aromatic carbocycles. The van der Waals surface area contributed by atoms with Crippen LogP contribution in [0.4, 0.5) is 0 Å². The Morgan fingerprint density at radius 3 is 2.89 bits per heavy atom. The number of hydrogen-bond acceptors (Lipinski definition) is 5. The third-order valence-corrected chi connectivity index (χ3v) is 4.18. The molecule has 0 bridgehead atoms. The molecule has 6 heteroatoms. The average Bonchev–Trinajstić information content (AvgIpc) is 2.80. The maximum Gasteiger partial charge on any atom is 0.191 e. The predicted octanol–water partition coefficient (Wildman–Crippen LogP) is 1.98. The van der Waals surface area contributed by atoms with E-state index in [-0.39, 0.29) is 0 Å². The van der Waals surface area contributed by atoms with Crippen molar-refractivity contribution in [3.63, 3.8) is 0 Å². The van der Waals surface area contributed by atoms with E-state index in [2.05, 4.69) is 28.6 Å². The van der Waals surface area contributed by atoms with Gasteiger partial charge in [-0.3, -0.25) is 0 Å². The zero-order chi connectivity index (χ0) is 13.0. The summed E-state index contributed by atoms with van der Waals surface area (Å²) in [5, 5.41) is 9.34. The van der Waals surface area contributed by atoms with Gasteiger partial charge in [-0.25, -0.2) is 0 Å². The van der Waals surface area contributed by atoms with Crippen molar-refractivity contribution in [2.24, 2.45) is 5.73 Å². The highest BCUT2D eigenvalue weighted by molar-refractivity contribution is 7.99. The molecule has 1 saturated heterocycles. The van der Waals surface area contributed by atoms with Crippen LogP contribution >= 0.6 is 11.8 Å². The fraction of sp³-hybridized carbons (Fsp3) is 0.833. The maximum atomic E-state index is 5.73. The first-order chi connectivity index (χ1) is 8.72. The Labute approximate surface area is 112 Å². The number of thioether (sulfide) groups is 1. The van der Waals surface area contributed by atoms with Crippen molar-refractivity contribution in [1.82, 2.24) is 14.8 Å². The lowest BCUT2D eigenvalue weighted by Crippen LogP contribution is -2.21. The highest BCUT2D eigenvalue weighted by Gasteiger charge is 2.18. The second-order valence-electron chi connectivity index (χ2n) is 4.87. The Morgan fingerprint density at radius 2 is 2.28 bits per heavy atom. The molecule has 2 heterocycles. The van der Waals surface area contributed by atoms with E-state index >= 15 is 0 Å². The Morgan fingerprint density at radius 1 is 1.44 bits per heavy atom. The monoisotopic (exact) mass is 270 g/mol. The third kappa shape index (κ3) is 3.24. The normalized spacial score (nSPS) is 20.6. The van der Waals surface area contributed by atoms with Crippen LogP contribution < -0.4 is 5.73 Å². The minimum Gasteiger partial charge on any atom is -0.377 e. The van der Waals surface area contributed by atoms with Crippen molar-refractivity contribution < 1.29 is 4.74 Å². The van der Waals surface area contributed by atoms with Gasteiger partial charge in [-0.2, -0.15) is 0 Å². The smallest absolute Gasteiger partial charge is 0.191 e. The summed E-state index contributed by atoms with van der Waals surface area (Å²) in [5.41, 5.74) is 5.68. The molecule has 18 heavy (non-hydrogen) atoms. The van der Waals surface area contributed by atoms with Crippen LogP contribution in [0.15, 0.2) is 5.16 Å². The number of hydrogen-bond donors (Lipinski definition) is 1. The van der Waals surface area contributed by atoms with Crippen molar-refractivity contribution in [3.8, 4) is 0 Å². The number of ether oxygens (including phenoxy) is 1. The van der Waals surface area contributed by atoms with E-state index in [1.165, 1.54) is 12.8 Å². The summed E-state index contributed by atoms with van der Waals surface area (Å²) < 4.78 is 7.85. The molecule has 1 unspecified atom stereocenters. The van der Waals surface area contributed by atoms with Crippen LogP contribution in [0.5, 0.6) is 0 Å². The van der Waals surface area contributed by atoms with E-state index in [1.807, 2.05) is 0 Å². The molecule has 1 aromatic heterocycles. The molecule has 1 aromatic rings. The van der Waals surface area contributed by atoms with Crippen LogP contribution in [0.2, 0.25) is 0 Å². The molecule has 1 aliphatic heterocycles. The molecule has 0 spiro atoms. The Kier molecular flexibility index (Phi) is 5.03. The molecule has 1 atom stereocenters. The van der Waals surface area contributed by atoms with Crippen molar-refractivity contribution in [2.75, 3.05) is 12.4 Å². The predicted molar refractivity (Wildman–Crippen MR) is 72.6 cm³/mol. The highest BCUT2D eigenvalue weighted by atomic mass is 32.2. The zero-order valence-corrected chi connectivity index (χ0v) is 11.9. The van der Waals surface area contributed by atoms with Gasteiger partial charge >= 0.3 is 0 Å². The molecule has 102 valence electrons. The van der Waals surface area contributed by atoms with Crippen molar-refractivity contribution >= 4 is 11.8 Å². The lowest BCUT2D eigenvalue weighted by molar-refractivity contribution is 0.0315. The quantitative estimate of drug-likeness (QED) is 0.829. The fourth-order valence-corrected chi connectivity index (χ4v) is 3.32. The second kappa shape index (κ2) is 6.54. The van der Waals surface area contributed by atoms with Crippen molar-refractivity contribution in [3.05, 3.63) is 5.82 Å². The zero-order valence-electron chi connectivity index (χ0n) is 11.1. The first-order valence-corrected chi connectivity index (χ1v) is 7.59. The van der Waals surface area contributed by atoms with Gasteiger partial charge in [-0.15, -0.1) is 10.2 Å². The minimum absolute atomic E-state index is 0.341. The second-order valence-corrected chi connectivity index (χ2v) is 5.85. The lowest BCUT2D eigenvalue weighted by atomic mass is 10.1. The van der Waals surface area contributed by atoms with Crippen LogP contribution in [-0.4, -0.2) is 33.2 Å². The molecular formula is C12H22N4OS. The Hall–Kier alpha value is -0.590. The number of rotatable bonds is 5. The molecule has 0 aliphatic carbocycles. The highest BCUT2D eigenvalue weighted by Crippen LogP contribution is 2.25. The van der Waals surface area contributed by atoms with E-state index in [1.54, 1.807) is 11.8 Å². The van der Waals surface area contributed by atoms with E-state index in [9.17, 15) is 0 Å². The maximum absolute atomic E-state index is 5.73. The SMILES string of the molecule is CC(C)n1c(CN)nnc1SCC1CCCCO1. The average molecular weight is 270 g/mol. The van der Waals surface area contributed by atoms with Gasteiger partial charge in [0.2, 0.25) is 0 Å². The summed E-state index contributed by atoms with van der Waals surface area (Å²) in [6, 6.07) is 0.341. The number of nitrogens with two attached hydrogens (primary N) is 1. The number of aromatic nitrogens is 3. The molecular weight excluding hydrogens is 248 g/mol. The first kappa shape index (κ1) is 13.8. The summed E-state index contributed by atoms with van der Waals surface area (Å²) in [6.07, 6.45) is 3.99. The van der Waals surface area contributed by atoms with Crippen LogP contribution in [-0.2, 0) is 11.3 Å². The molecule has 0 saturated carbocycles. The van der Waals surface area contributed by atoms with Crippen LogP contribution in [0.1, 0.15) is 45.0 Å². The van der Waals surface area contributed by atoms with E-state index in [0.29, 0.717) is 18.7 Å². The summed E-state index contributed by atoms with van der Waals surface area (Å²) in [6.45, 7) is 5.59. The van der Waals surface area contributed by atoms with Gasteiger partial charge in [-0.05, 0) is 33.1 Å². The van der Waals surface area contributed by atoms with Gasteiger partial charge < -0.3 is 15.0 Å². The van der Waals surface area contributed by atoms with E-state index in [4.69, 9.17) is 10.5 Å². The number of nitrogens with zero attached hydrogens (tertiary/aromatic N) is 3. The standard InChI is InChI=1S/C12H22N4OS/c1-9(2)16-11(7-13)14-15-12(16)18-8-10-5-3-4-6-17-10/h9-10H,3-8,13H2,1-2H3. The van der Waals surface area contributed by atoms with Crippen LogP contribution in [0.3, 0.4) is 0 Å².